The zero-order valence-electron chi connectivity index (χ0n) is 13.7. The Morgan fingerprint density at radius 3 is 2.42 bits per heavy atom. The monoisotopic (exact) mass is 320 g/mol. The average molecular weight is 320 g/mol. The maximum Gasteiger partial charge on any atom is 0.248 e. The number of benzene rings is 2. The van der Waals surface area contributed by atoms with Crippen LogP contribution in [-0.2, 0) is 0 Å². The molecule has 0 saturated heterocycles. The van der Waals surface area contributed by atoms with Crippen LogP contribution in [0, 0.1) is 0 Å². The van der Waals surface area contributed by atoms with Gasteiger partial charge in [0.25, 0.3) is 0 Å². The highest BCUT2D eigenvalue weighted by Crippen LogP contribution is 2.45. The van der Waals surface area contributed by atoms with E-state index < -0.39 is 5.91 Å². The summed E-state index contributed by atoms with van der Waals surface area (Å²) in [4.78, 5) is 14.0. The Labute approximate surface area is 141 Å². The first-order valence-electron chi connectivity index (χ1n) is 8.25. The van der Waals surface area contributed by atoms with Gasteiger partial charge in [-0.05, 0) is 55.3 Å². The maximum atomic E-state index is 11.6. The smallest absolute Gasteiger partial charge is 0.248 e. The maximum absolute atomic E-state index is 11.6. The molecule has 122 valence electrons. The van der Waals surface area contributed by atoms with E-state index in [9.17, 15) is 4.79 Å². The molecule has 0 aliphatic carbocycles. The quantitative estimate of drug-likeness (QED) is 0.874. The molecule has 24 heavy (non-hydrogen) atoms. The van der Waals surface area contributed by atoms with Crippen LogP contribution in [0.5, 0.6) is 11.5 Å². The van der Waals surface area contributed by atoms with Gasteiger partial charge < -0.3 is 15.4 Å². The third kappa shape index (κ3) is 2.49. The Hall–Kier alpha value is -2.59. The molecule has 0 atom stereocenters. The number of nitrogens with zero attached hydrogens (tertiary/aromatic N) is 1. The minimum absolute atomic E-state index is 0.410. The minimum Gasteiger partial charge on any atom is -0.456 e. The summed E-state index contributed by atoms with van der Waals surface area (Å²) in [6.45, 7) is 2.00. The first-order valence-corrected chi connectivity index (χ1v) is 8.25. The summed E-state index contributed by atoms with van der Waals surface area (Å²) in [5.74, 6) is 1.26. The van der Waals surface area contributed by atoms with Crippen LogP contribution in [0.1, 0.15) is 34.3 Å². The second kappa shape index (κ2) is 5.80. The Kier molecular flexibility index (Phi) is 3.62. The van der Waals surface area contributed by atoms with Crippen LogP contribution in [0.3, 0.4) is 0 Å². The second-order valence-electron chi connectivity index (χ2n) is 6.43. The van der Waals surface area contributed by atoms with Gasteiger partial charge in [0.15, 0.2) is 0 Å². The SMILES string of the molecule is CN1CCC2=C(CC1)c1cc(C(N)=O)ccc1Oc1ccccc12. The lowest BCUT2D eigenvalue weighted by atomic mass is 9.90. The Bertz CT molecular complexity index is 854. The summed E-state index contributed by atoms with van der Waals surface area (Å²) in [6.07, 6.45) is 1.89. The lowest BCUT2D eigenvalue weighted by Crippen LogP contribution is -2.19. The van der Waals surface area contributed by atoms with Crippen LogP contribution in [0.25, 0.3) is 11.1 Å². The average Bonchev–Trinajstić information content (AvgIpc) is 2.84. The number of carbonyl (C=O) groups is 1. The van der Waals surface area contributed by atoms with Crippen molar-refractivity contribution in [2.24, 2.45) is 5.73 Å². The summed E-state index contributed by atoms with van der Waals surface area (Å²) >= 11 is 0. The fourth-order valence-electron chi connectivity index (χ4n) is 3.54. The highest BCUT2D eigenvalue weighted by Gasteiger charge is 2.25. The summed E-state index contributed by atoms with van der Waals surface area (Å²) in [5, 5.41) is 0. The molecule has 2 aliphatic heterocycles. The van der Waals surface area contributed by atoms with Crippen LogP contribution in [0.15, 0.2) is 42.5 Å². The molecule has 2 aliphatic rings. The highest BCUT2D eigenvalue weighted by molar-refractivity contribution is 5.99. The van der Waals surface area contributed by atoms with Crippen molar-refractivity contribution in [2.45, 2.75) is 12.8 Å². The first-order chi connectivity index (χ1) is 11.6. The van der Waals surface area contributed by atoms with Gasteiger partial charge in [0.1, 0.15) is 11.5 Å². The molecule has 1 amide bonds. The van der Waals surface area contributed by atoms with Gasteiger partial charge in [-0.15, -0.1) is 0 Å². The second-order valence-corrected chi connectivity index (χ2v) is 6.43. The van der Waals surface area contributed by atoms with Crippen LogP contribution < -0.4 is 10.5 Å². The van der Waals surface area contributed by atoms with Gasteiger partial charge in [0.2, 0.25) is 5.91 Å². The van der Waals surface area contributed by atoms with E-state index in [2.05, 4.69) is 18.0 Å². The molecule has 4 heteroatoms. The van der Waals surface area contributed by atoms with Crippen molar-refractivity contribution in [3.8, 4) is 11.5 Å². The third-order valence-corrected chi connectivity index (χ3v) is 4.87. The number of carbonyl (C=O) groups excluding carboxylic acids is 1. The van der Waals surface area contributed by atoms with Gasteiger partial charge in [0, 0.05) is 29.8 Å². The topological polar surface area (TPSA) is 55.6 Å². The van der Waals surface area contributed by atoms with Crippen LogP contribution in [0.2, 0.25) is 0 Å². The Morgan fingerprint density at radius 1 is 1.00 bits per heavy atom. The molecule has 0 spiro atoms. The van der Waals surface area contributed by atoms with Gasteiger partial charge in [-0.3, -0.25) is 4.79 Å². The number of nitrogens with two attached hydrogens (primary N) is 1. The number of rotatable bonds is 1. The molecule has 2 aromatic rings. The molecule has 0 bridgehead atoms. The van der Waals surface area contributed by atoms with E-state index in [1.165, 1.54) is 11.1 Å². The number of fused-ring (bicyclic) bond motifs is 4. The van der Waals surface area contributed by atoms with Crippen LogP contribution in [-0.4, -0.2) is 30.9 Å². The van der Waals surface area contributed by atoms with Crippen molar-refractivity contribution in [2.75, 3.05) is 20.1 Å². The molecular weight excluding hydrogens is 300 g/mol. The van der Waals surface area contributed by atoms with E-state index in [1.807, 2.05) is 30.3 Å². The van der Waals surface area contributed by atoms with E-state index in [0.717, 1.165) is 48.6 Å². The standard InChI is InChI=1S/C20H20N2O2/c1-22-10-8-14-15(9-11-22)17-12-13(20(21)23)6-7-19(17)24-18-5-3-2-4-16(14)18/h2-7,12H,8-11H2,1H3,(H2,21,23). The number of primary amides is 1. The Balaban J connectivity index is 1.97. The Morgan fingerprint density at radius 2 is 1.67 bits per heavy atom. The molecule has 2 heterocycles. The number of para-hydroxylation sites is 1. The molecule has 4 nitrogen and oxygen atoms in total. The molecule has 0 unspecified atom stereocenters. The van der Waals surface area contributed by atoms with Gasteiger partial charge in [-0.2, -0.15) is 0 Å². The van der Waals surface area contributed by atoms with Crippen molar-refractivity contribution in [3.63, 3.8) is 0 Å². The van der Waals surface area contributed by atoms with E-state index in [0.29, 0.717) is 5.56 Å². The molecule has 0 aromatic heterocycles. The van der Waals surface area contributed by atoms with Crippen molar-refractivity contribution in [1.82, 2.24) is 4.90 Å². The van der Waals surface area contributed by atoms with Gasteiger partial charge in [0.05, 0.1) is 0 Å². The van der Waals surface area contributed by atoms with Crippen molar-refractivity contribution < 1.29 is 9.53 Å². The van der Waals surface area contributed by atoms with E-state index >= 15 is 0 Å². The van der Waals surface area contributed by atoms with Gasteiger partial charge in [-0.1, -0.05) is 18.2 Å². The molecule has 2 N–H and O–H groups in total. The van der Waals surface area contributed by atoms with Crippen LogP contribution >= 0.6 is 0 Å². The summed E-state index contributed by atoms with van der Waals surface area (Å²) in [6, 6.07) is 13.6. The normalized spacial score (nSPS) is 17.0. The van der Waals surface area contributed by atoms with E-state index in [-0.39, 0.29) is 0 Å². The van der Waals surface area contributed by atoms with Crippen molar-refractivity contribution in [3.05, 3.63) is 59.2 Å². The van der Waals surface area contributed by atoms with Crippen molar-refractivity contribution in [1.29, 1.82) is 0 Å². The number of hydrogen-bond donors (Lipinski definition) is 1. The molecule has 4 rings (SSSR count). The largest absolute Gasteiger partial charge is 0.456 e. The molecule has 2 aromatic carbocycles. The van der Waals surface area contributed by atoms with Gasteiger partial charge >= 0.3 is 0 Å². The van der Waals surface area contributed by atoms with Crippen LogP contribution in [0.4, 0.5) is 0 Å². The lowest BCUT2D eigenvalue weighted by Gasteiger charge is -2.15. The summed E-state index contributed by atoms with van der Waals surface area (Å²) < 4.78 is 6.19. The third-order valence-electron chi connectivity index (χ3n) is 4.87. The predicted octanol–water partition coefficient (Wildman–Crippen LogP) is 3.53. The molecule has 0 fully saturated rings. The highest BCUT2D eigenvalue weighted by atomic mass is 16.5. The first kappa shape index (κ1) is 15.0. The minimum atomic E-state index is -0.410. The molecule has 0 saturated carbocycles. The number of ether oxygens (including phenoxy) is 1. The van der Waals surface area contributed by atoms with Crippen molar-refractivity contribution >= 4 is 17.1 Å². The van der Waals surface area contributed by atoms with Gasteiger partial charge in [-0.25, -0.2) is 0 Å². The molecule has 0 radical (unpaired) electrons. The van der Waals surface area contributed by atoms with E-state index in [1.54, 1.807) is 6.07 Å². The molecular formula is C20H20N2O2. The fourth-order valence-corrected chi connectivity index (χ4v) is 3.54. The predicted molar refractivity (Wildman–Crippen MR) is 95.0 cm³/mol. The summed E-state index contributed by atoms with van der Waals surface area (Å²) in [7, 11) is 2.15. The van der Waals surface area contributed by atoms with E-state index in [4.69, 9.17) is 10.5 Å². The number of amides is 1. The lowest BCUT2D eigenvalue weighted by molar-refractivity contribution is 0.100. The summed E-state index contributed by atoms with van der Waals surface area (Å²) in [5.41, 5.74) is 10.7. The zero-order chi connectivity index (χ0) is 16.7. The zero-order valence-corrected chi connectivity index (χ0v) is 13.7. The fraction of sp³-hybridized carbons (Fsp3) is 0.250. The number of hydrogen-bond acceptors (Lipinski definition) is 3.